The number of hydrogen-bond donors (Lipinski definition) is 1. The molecule has 1 aromatic carbocycles. The van der Waals surface area contributed by atoms with Gasteiger partial charge >= 0.3 is 0 Å². The number of Topliss-reactive ketones (excluding diaryl/α,β-unsaturated/α-hetero) is 1. The summed E-state index contributed by atoms with van der Waals surface area (Å²) in [6, 6.07) is 5.97. The fourth-order valence-electron chi connectivity index (χ4n) is 2.03. The van der Waals surface area contributed by atoms with Crippen LogP contribution >= 0.6 is 0 Å². The van der Waals surface area contributed by atoms with Crippen LogP contribution in [0.4, 0.5) is 0 Å². The second-order valence-corrected chi connectivity index (χ2v) is 6.87. The van der Waals surface area contributed by atoms with E-state index in [-0.39, 0.29) is 23.8 Å². The van der Waals surface area contributed by atoms with Gasteiger partial charge in [-0.3, -0.25) is 4.79 Å². The monoisotopic (exact) mass is 283 g/mol. The first kappa shape index (κ1) is 14.2. The molecule has 1 N–H and O–H groups in total. The molecule has 1 fully saturated rings. The average molecular weight is 283 g/mol. The van der Waals surface area contributed by atoms with Gasteiger partial charge in [-0.15, -0.1) is 0 Å². The normalized spacial score (nSPS) is 18.9. The lowest BCUT2D eigenvalue weighted by Gasteiger charge is -2.44. The Kier molecular flexibility index (Phi) is 3.51. The smallest absolute Gasteiger partial charge is 0.243 e. The number of carbonyl (C=O) groups is 1. The molecule has 0 spiro atoms. The molecule has 1 saturated heterocycles. The summed E-state index contributed by atoms with van der Waals surface area (Å²) < 4.78 is 25.8. The van der Waals surface area contributed by atoms with Gasteiger partial charge < -0.3 is 5.11 Å². The van der Waals surface area contributed by atoms with E-state index in [0.29, 0.717) is 12.0 Å². The number of carbonyl (C=O) groups excluding carboxylic acids is 1. The Morgan fingerprint density at radius 2 is 2.05 bits per heavy atom. The Bertz CT molecular complexity index is 603. The summed E-state index contributed by atoms with van der Waals surface area (Å²) in [7, 11) is -3.62. The van der Waals surface area contributed by atoms with Crippen molar-refractivity contribution in [2.24, 2.45) is 0 Å². The van der Waals surface area contributed by atoms with Crippen molar-refractivity contribution in [3.63, 3.8) is 0 Å². The van der Waals surface area contributed by atoms with E-state index in [1.807, 2.05) is 6.92 Å². The number of rotatable bonds is 4. The van der Waals surface area contributed by atoms with Crippen LogP contribution in [0, 0.1) is 0 Å². The van der Waals surface area contributed by atoms with Crippen LogP contribution in [-0.2, 0) is 10.0 Å². The van der Waals surface area contributed by atoms with Gasteiger partial charge in [0.25, 0.3) is 0 Å². The van der Waals surface area contributed by atoms with E-state index in [4.69, 9.17) is 0 Å². The van der Waals surface area contributed by atoms with Crippen molar-refractivity contribution in [2.75, 3.05) is 13.1 Å². The third-order valence-electron chi connectivity index (χ3n) is 3.48. The largest absolute Gasteiger partial charge is 0.387 e. The number of hydrogen-bond acceptors (Lipinski definition) is 4. The zero-order valence-electron chi connectivity index (χ0n) is 11.0. The Morgan fingerprint density at radius 3 is 2.58 bits per heavy atom. The SMILES string of the molecule is CCC1(O)CN(S(=O)(=O)c2cccc(C(C)=O)c2)C1. The fourth-order valence-corrected chi connectivity index (χ4v) is 3.67. The van der Waals surface area contributed by atoms with Crippen LogP contribution < -0.4 is 0 Å². The molecule has 104 valence electrons. The maximum atomic E-state index is 12.3. The van der Waals surface area contributed by atoms with E-state index in [0.717, 1.165) is 0 Å². The van der Waals surface area contributed by atoms with Gasteiger partial charge in [-0.1, -0.05) is 19.1 Å². The molecule has 0 atom stereocenters. The molecule has 1 aliphatic rings. The summed E-state index contributed by atoms with van der Waals surface area (Å²) in [5, 5.41) is 9.88. The lowest BCUT2D eigenvalue weighted by Crippen LogP contribution is -2.62. The van der Waals surface area contributed by atoms with Gasteiger partial charge in [0.1, 0.15) is 0 Å². The van der Waals surface area contributed by atoms with Crippen molar-refractivity contribution in [2.45, 2.75) is 30.8 Å². The van der Waals surface area contributed by atoms with Crippen LogP contribution in [0.5, 0.6) is 0 Å². The van der Waals surface area contributed by atoms with Crippen molar-refractivity contribution in [1.29, 1.82) is 0 Å². The fraction of sp³-hybridized carbons (Fsp3) is 0.462. The van der Waals surface area contributed by atoms with Crippen molar-refractivity contribution < 1.29 is 18.3 Å². The molecular formula is C13H17NO4S. The summed E-state index contributed by atoms with van der Waals surface area (Å²) in [5.74, 6) is -0.175. The van der Waals surface area contributed by atoms with Crippen LogP contribution in [0.15, 0.2) is 29.2 Å². The lowest BCUT2D eigenvalue weighted by atomic mass is 9.94. The standard InChI is InChI=1S/C13H17NO4S/c1-3-13(16)8-14(9-13)19(17,18)12-6-4-5-11(7-12)10(2)15/h4-7,16H,3,8-9H2,1-2H3. The molecule has 0 saturated carbocycles. The van der Waals surface area contributed by atoms with E-state index in [1.54, 1.807) is 12.1 Å². The first-order valence-corrected chi connectivity index (χ1v) is 7.56. The molecule has 0 aromatic heterocycles. The van der Waals surface area contributed by atoms with Crippen LogP contribution in [0.1, 0.15) is 30.6 Å². The summed E-state index contributed by atoms with van der Waals surface area (Å²) in [6.45, 7) is 3.43. The minimum Gasteiger partial charge on any atom is -0.387 e. The highest BCUT2D eigenvalue weighted by atomic mass is 32.2. The highest BCUT2D eigenvalue weighted by Crippen LogP contribution is 2.30. The van der Waals surface area contributed by atoms with Gasteiger partial charge in [0.05, 0.1) is 10.5 Å². The van der Waals surface area contributed by atoms with Crippen molar-refractivity contribution >= 4 is 15.8 Å². The molecule has 5 nitrogen and oxygen atoms in total. The number of β-amino-alcohol motifs (C(OH)–C–C–N with tert-alkyl or cyclic N) is 1. The minimum absolute atomic E-state index is 0.0957. The molecule has 1 aliphatic heterocycles. The predicted molar refractivity (Wildman–Crippen MR) is 70.4 cm³/mol. The van der Waals surface area contributed by atoms with Gasteiger partial charge in [0.15, 0.2) is 5.78 Å². The van der Waals surface area contributed by atoms with Crippen LogP contribution in [0.3, 0.4) is 0 Å². The van der Waals surface area contributed by atoms with Crippen molar-refractivity contribution in [1.82, 2.24) is 4.31 Å². The quantitative estimate of drug-likeness (QED) is 0.838. The Hall–Kier alpha value is -1.24. The molecule has 1 heterocycles. The van der Waals surface area contributed by atoms with Crippen molar-refractivity contribution in [3.05, 3.63) is 29.8 Å². The van der Waals surface area contributed by atoms with E-state index in [2.05, 4.69) is 0 Å². The Balaban J connectivity index is 2.27. The molecule has 2 rings (SSSR count). The number of nitrogens with zero attached hydrogens (tertiary/aromatic N) is 1. The van der Waals surface area contributed by atoms with E-state index in [9.17, 15) is 18.3 Å². The maximum Gasteiger partial charge on any atom is 0.243 e. The number of aliphatic hydroxyl groups is 1. The van der Waals surface area contributed by atoms with Crippen molar-refractivity contribution in [3.8, 4) is 0 Å². The number of ketones is 1. The zero-order valence-corrected chi connectivity index (χ0v) is 11.8. The first-order chi connectivity index (χ1) is 8.78. The molecule has 6 heteroatoms. The third-order valence-corrected chi connectivity index (χ3v) is 5.27. The Morgan fingerprint density at radius 1 is 1.42 bits per heavy atom. The lowest BCUT2D eigenvalue weighted by molar-refractivity contribution is -0.0613. The number of sulfonamides is 1. The van der Waals surface area contributed by atoms with E-state index >= 15 is 0 Å². The van der Waals surface area contributed by atoms with E-state index in [1.165, 1.54) is 23.4 Å². The number of benzene rings is 1. The van der Waals surface area contributed by atoms with Gasteiger partial charge in [-0.2, -0.15) is 4.31 Å². The Labute approximate surface area is 112 Å². The predicted octanol–water partition coefficient (Wildman–Crippen LogP) is 1.03. The minimum atomic E-state index is -3.62. The molecule has 0 unspecified atom stereocenters. The van der Waals surface area contributed by atoms with E-state index < -0.39 is 15.6 Å². The molecule has 0 amide bonds. The third kappa shape index (κ3) is 2.56. The molecule has 0 aliphatic carbocycles. The summed E-state index contributed by atoms with van der Waals surface area (Å²) in [5.41, 5.74) is -0.544. The zero-order chi connectivity index (χ0) is 14.3. The van der Waals surface area contributed by atoms with Gasteiger partial charge in [-0.05, 0) is 25.5 Å². The van der Waals surface area contributed by atoms with Crippen LogP contribution in [0.2, 0.25) is 0 Å². The molecule has 19 heavy (non-hydrogen) atoms. The van der Waals surface area contributed by atoms with Crippen LogP contribution in [0.25, 0.3) is 0 Å². The first-order valence-electron chi connectivity index (χ1n) is 6.12. The molecule has 0 radical (unpaired) electrons. The molecule has 1 aromatic rings. The topological polar surface area (TPSA) is 74.7 Å². The second-order valence-electron chi connectivity index (χ2n) is 4.94. The highest BCUT2D eigenvalue weighted by Gasteiger charge is 2.45. The highest BCUT2D eigenvalue weighted by molar-refractivity contribution is 7.89. The molecular weight excluding hydrogens is 266 g/mol. The average Bonchev–Trinajstić information content (AvgIpc) is 2.35. The maximum absolute atomic E-state index is 12.3. The van der Waals surface area contributed by atoms with Gasteiger partial charge in [-0.25, -0.2) is 8.42 Å². The summed E-state index contributed by atoms with van der Waals surface area (Å²) >= 11 is 0. The summed E-state index contributed by atoms with van der Waals surface area (Å²) in [4.78, 5) is 11.4. The second kappa shape index (κ2) is 4.70. The summed E-state index contributed by atoms with van der Waals surface area (Å²) in [6.07, 6.45) is 0.520. The van der Waals surface area contributed by atoms with Gasteiger partial charge in [0.2, 0.25) is 10.0 Å². The van der Waals surface area contributed by atoms with Crippen LogP contribution in [-0.4, -0.2) is 42.3 Å². The van der Waals surface area contributed by atoms with Gasteiger partial charge in [0, 0.05) is 18.7 Å². The molecule has 0 bridgehead atoms.